The number of methoxy groups -OCH3 is 1. The largest absolute Gasteiger partial charge is 0.495 e. The minimum atomic E-state index is -1.01. The molecule has 0 saturated heterocycles. The molecule has 1 aliphatic heterocycles. The zero-order valence-electron chi connectivity index (χ0n) is 16.6. The number of anilines is 1. The minimum absolute atomic E-state index is 0.232. The second kappa shape index (κ2) is 8.61. The molecule has 0 bridgehead atoms. The van der Waals surface area contributed by atoms with Gasteiger partial charge in [-0.25, -0.2) is 0 Å². The molecule has 1 atom stereocenters. The van der Waals surface area contributed by atoms with E-state index in [2.05, 4.69) is 5.32 Å². The Morgan fingerprint density at radius 1 is 1.06 bits per heavy atom. The lowest BCUT2D eigenvalue weighted by Gasteiger charge is -2.28. The molecule has 0 saturated carbocycles. The molecule has 7 heteroatoms. The number of benzene rings is 3. The molecule has 5 nitrogen and oxygen atoms in total. The van der Waals surface area contributed by atoms with Gasteiger partial charge in [-0.15, -0.1) is 0 Å². The van der Waals surface area contributed by atoms with E-state index in [4.69, 9.17) is 27.9 Å². The van der Waals surface area contributed by atoms with Crippen LogP contribution in [0.2, 0.25) is 10.0 Å². The summed E-state index contributed by atoms with van der Waals surface area (Å²) in [6.07, 6.45) is 0.0858. The zero-order chi connectivity index (χ0) is 22.1. The van der Waals surface area contributed by atoms with Crippen molar-refractivity contribution in [3.05, 3.63) is 70.2 Å². The summed E-state index contributed by atoms with van der Waals surface area (Å²) in [6.45, 7) is 0. The third-order valence-electron chi connectivity index (χ3n) is 5.36. The standard InChI is InChI=1S/C24H19Cl2NO4/c1-31-23-19(13-2-6-17(25)7-3-13)11-15-10-16(12-20(28)29)24(30)27-22(15)21(23)14-4-8-18(26)9-5-14/h2-9,11,16H,10,12H2,1H3,(H,27,30)(H,28,29). The fourth-order valence-electron chi connectivity index (χ4n) is 3.93. The Bertz CT molecular complexity index is 1160. The van der Waals surface area contributed by atoms with Gasteiger partial charge in [-0.05, 0) is 53.4 Å². The van der Waals surface area contributed by atoms with Gasteiger partial charge in [0.1, 0.15) is 5.75 Å². The summed E-state index contributed by atoms with van der Waals surface area (Å²) < 4.78 is 5.83. The molecule has 0 aliphatic carbocycles. The minimum Gasteiger partial charge on any atom is -0.495 e. The Morgan fingerprint density at radius 2 is 1.65 bits per heavy atom. The van der Waals surface area contributed by atoms with Crippen molar-refractivity contribution in [1.29, 1.82) is 0 Å². The van der Waals surface area contributed by atoms with E-state index in [0.29, 0.717) is 27.9 Å². The number of rotatable bonds is 5. The lowest BCUT2D eigenvalue weighted by Crippen LogP contribution is -2.32. The number of hydrogen-bond donors (Lipinski definition) is 2. The Kier molecular flexibility index (Phi) is 5.90. The highest BCUT2D eigenvalue weighted by Crippen LogP contribution is 2.48. The molecule has 0 fully saturated rings. The zero-order valence-corrected chi connectivity index (χ0v) is 18.1. The van der Waals surface area contributed by atoms with Gasteiger partial charge in [-0.2, -0.15) is 0 Å². The molecule has 1 heterocycles. The van der Waals surface area contributed by atoms with E-state index in [1.807, 2.05) is 30.3 Å². The molecule has 4 rings (SSSR count). The number of carbonyl (C=O) groups is 2. The van der Waals surface area contributed by atoms with E-state index >= 15 is 0 Å². The van der Waals surface area contributed by atoms with Crippen molar-refractivity contribution in [2.75, 3.05) is 12.4 Å². The lowest BCUT2D eigenvalue weighted by atomic mass is 9.84. The maximum Gasteiger partial charge on any atom is 0.304 e. The normalized spacial score (nSPS) is 15.2. The Labute approximate surface area is 189 Å². The number of carbonyl (C=O) groups excluding carboxylic acids is 1. The van der Waals surface area contributed by atoms with Crippen molar-refractivity contribution in [3.8, 4) is 28.0 Å². The van der Waals surface area contributed by atoms with Crippen LogP contribution in [-0.2, 0) is 16.0 Å². The van der Waals surface area contributed by atoms with Crippen molar-refractivity contribution in [2.45, 2.75) is 12.8 Å². The Hall–Kier alpha value is -3.02. The number of nitrogens with one attached hydrogen (secondary N) is 1. The Morgan fingerprint density at radius 3 is 2.19 bits per heavy atom. The predicted octanol–water partition coefficient (Wildman–Crippen LogP) is 5.92. The van der Waals surface area contributed by atoms with E-state index in [-0.39, 0.29) is 12.3 Å². The summed E-state index contributed by atoms with van der Waals surface area (Å²) in [7, 11) is 1.58. The van der Waals surface area contributed by atoms with Crippen LogP contribution in [0.5, 0.6) is 5.75 Å². The second-order valence-electron chi connectivity index (χ2n) is 7.37. The molecular weight excluding hydrogens is 437 g/mol. The number of amides is 1. The highest BCUT2D eigenvalue weighted by molar-refractivity contribution is 6.31. The quantitative estimate of drug-likeness (QED) is 0.500. The molecule has 3 aromatic carbocycles. The smallest absolute Gasteiger partial charge is 0.304 e. The van der Waals surface area contributed by atoms with Crippen molar-refractivity contribution in [2.24, 2.45) is 5.92 Å². The molecule has 1 aliphatic rings. The lowest BCUT2D eigenvalue weighted by molar-refractivity contribution is -0.140. The summed E-state index contributed by atoms with van der Waals surface area (Å²) in [5.41, 5.74) is 4.75. The number of hydrogen-bond acceptors (Lipinski definition) is 3. The van der Waals surface area contributed by atoms with Crippen LogP contribution < -0.4 is 10.1 Å². The van der Waals surface area contributed by atoms with Gasteiger partial charge in [-0.1, -0.05) is 47.5 Å². The number of carboxylic acid groups (broad SMARTS) is 1. The van der Waals surface area contributed by atoms with Gasteiger partial charge in [0.15, 0.2) is 0 Å². The molecule has 2 N–H and O–H groups in total. The van der Waals surface area contributed by atoms with Gasteiger partial charge in [0.2, 0.25) is 5.91 Å². The summed E-state index contributed by atoms with van der Waals surface area (Å²) in [5.74, 6) is -1.37. The maximum atomic E-state index is 12.7. The van der Waals surface area contributed by atoms with Crippen LogP contribution in [0.1, 0.15) is 12.0 Å². The molecule has 1 unspecified atom stereocenters. The van der Waals surface area contributed by atoms with Crippen molar-refractivity contribution < 1.29 is 19.4 Å². The number of halogens is 2. The number of fused-ring (bicyclic) bond motifs is 1. The van der Waals surface area contributed by atoms with Crippen LogP contribution in [0.4, 0.5) is 5.69 Å². The molecule has 31 heavy (non-hydrogen) atoms. The predicted molar refractivity (Wildman–Crippen MR) is 122 cm³/mol. The Balaban J connectivity index is 1.96. The molecule has 158 valence electrons. The van der Waals surface area contributed by atoms with Gasteiger partial charge in [-0.3, -0.25) is 9.59 Å². The van der Waals surface area contributed by atoms with Gasteiger partial charge in [0, 0.05) is 21.2 Å². The van der Waals surface area contributed by atoms with E-state index in [0.717, 1.165) is 27.8 Å². The van der Waals surface area contributed by atoms with Gasteiger partial charge in [0.25, 0.3) is 0 Å². The first-order chi connectivity index (χ1) is 14.9. The van der Waals surface area contributed by atoms with Crippen LogP contribution in [0.15, 0.2) is 54.6 Å². The highest BCUT2D eigenvalue weighted by atomic mass is 35.5. The number of aliphatic carboxylic acids is 1. The number of ether oxygens (including phenoxy) is 1. The van der Waals surface area contributed by atoms with Gasteiger partial charge in [0.05, 0.1) is 25.1 Å². The highest BCUT2D eigenvalue weighted by Gasteiger charge is 2.32. The first-order valence-corrected chi connectivity index (χ1v) is 10.4. The van der Waals surface area contributed by atoms with E-state index in [9.17, 15) is 14.7 Å². The molecular formula is C24H19Cl2NO4. The molecule has 0 radical (unpaired) electrons. The van der Waals surface area contributed by atoms with E-state index in [1.165, 1.54) is 0 Å². The molecule has 3 aromatic rings. The summed E-state index contributed by atoms with van der Waals surface area (Å²) in [4.78, 5) is 23.9. The summed E-state index contributed by atoms with van der Waals surface area (Å²) in [5, 5.41) is 13.3. The third kappa shape index (κ3) is 4.24. The van der Waals surface area contributed by atoms with Crippen LogP contribution in [-0.4, -0.2) is 24.1 Å². The van der Waals surface area contributed by atoms with Crippen LogP contribution in [0.25, 0.3) is 22.3 Å². The van der Waals surface area contributed by atoms with Crippen molar-refractivity contribution in [3.63, 3.8) is 0 Å². The average molecular weight is 456 g/mol. The van der Waals surface area contributed by atoms with Crippen LogP contribution >= 0.6 is 23.2 Å². The first kappa shape index (κ1) is 21.2. The fourth-order valence-corrected chi connectivity index (χ4v) is 4.18. The molecule has 0 aromatic heterocycles. The second-order valence-corrected chi connectivity index (χ2v) is 8.24. The van der Waals surface area contributed by atoms with Crippen LogP contribution in [0.3, 0.4) is 0 Å². The first-order valence-electron chi connectivity index (χ1n) is 9.65. The fraction of sp³-hybridized carbons (Fsp3) is 0.167. The van der Waals surface area contributed by atoms with E-state index in [1.54, 1.807) is 31.4 Å². The monoisotopic (exact) mass is 455 g/mol. The average Bonchev–Trinajstić information content (AvgIpc) is 2.74. The summed E-state index contributed by atoms with van der Waals surface area (Å²) >= 11 is 12.1. The van der Waals surface area contributed by atoms with Gasteiger partial charge >= 0.3 is 5.97 Å². The number of carboxylic acids is 1. The van der Waals surface area contributed by atoms with Crippen molar-refractivity contribution >= 4 is 40.8 Å². The maximum absolute atomic E-state index is 12.7. The van der Waals surface area contributed by atoms with Crippen LogP contribution in [0, 0.1) is 5.92 Å². The molecule has 0 spiro atoms. The summed E-state index contributed by atoms with van der Waals surface area (Å²) in [6, 6.07) is 16.6. The molecule has 1 amide bonds. The third-order valence-corrected chi connectivity index (χ3v) is 5.86. The SMILES string of the molecule is COc1c(-c2ccc(Cl)cc2)cc2c(c1-c1ccc(Cl)cc1)NC(=O)C(CC(=O)O)C2. The topological polar surface area (TPSA) is 75.6 Å². The van der Waals surface area contributed by atoms with E-state index < -0.39 is 11.9 Å². The van der Waals surface area contributed by atoms with Crippen molar-refractivity contribution in [1.82, 2.24) is 0 Å². The van der Waals surface area contributed by atoms with Gasteiger partial charge < -0.3 is 15.2 Å².